The van der Waals surface area contributed by atoms with Crippen LogP contribution in [0.3, 0.4) is 0 Å². The Balaban J connectivity index is 0.000000327. The van der Waals surface area contributed by atoms with E-state index in [0.29, 0.717) is 98.7 Å². The lowest BCUT2D eigenvalue weighted by Gasteiger charge is -2.24. The SMILES string of the molecule is COCCC(=O)OCC[NH+]1CCOCC1.COCCOCCC(=O)OCC[NH+]1CCOCC1.COCCOCCOCCC(=O)OCC[NH+]1CCOCC1.O=C(OCC[NH+]1CCOCC1)C1CCCCC1. The van der Waals surface area contributed by atoms with Crippen LogP contribution in [0, 0.1) is 5.92 Å². The molecule has 0 bridgehead atoms. The van der Waals surface area contributed by atoms with Crippen LogP contribution in [0.1, 0.15) is 51.4 Å². The second kappa shape index (κ2) is 47.1. The largest absolute Gasteiger partial charge is 0.460 e. The summed E-state index contributed by atoms with van der Waals surface area (Å²) in [5.41, 5.74) is 0. The summed E-state index contributed by atoms with van der Waals surface area (Å²) < 4.78 is 72.0. The van der Waals surface area contributed by atoms with Crippen molar-refractivity contribution in [1.82, 2.24) is 0 Å². The van der Waals surface area contributed by atoms with Crippen LogP contribution in [-0.2, 0) is 85.5 Å². The van der Waals surface area contributed by atoms with Gasteiger partial charge in [-0.3, -0.25) is 19.2 Å². The average molecular weight is 1030 g/mol. The van der Waals surface area contributed by atoms with Crippen LogP contribution in [0.4, 0.5) is 0 Å². The minimum Gasteiger partial charge on any atom is -0.460 e. The van der Waals surface area contributed by atoms with Crippen LogP contribution in [0.15, 0.2) is 0 Å². The molecule has 71 heavy (non-hydrogen) atoms. The highest BCUT2D eigenvalue weighted by molar-refractivity contribution is 5.72. The first kappa shape index (κ1) is 64.4. The van der Waals surface area contributed by atoms with Gasteiger partial charge in [0, 0.05) is 21.3 Å². The lowest BCUT2D eigenvalue weighted by atomic mass is 9.89. The Morgan fingerprint density at radius 1 is 0.366 bits per heavy atom. The van der Waals surface area contributed by atoms with Crippen molar-refractivity contribution in [3.05, 3.63) is 0 Å². The van der Waals surface area contributed by atoms with Crippen molar-refractivity contribution >= 4 is 23.9 Å². The van der Waals surface area contributed by atoms with Gasteiger partial charge >= 0.3 is 23.9 Å². The summed E-state index contributed by atoms with van der Waals surface area (Å²) in [5.74, 6) is -0.353. The molecule has 5 aliphatic rings. The summed E-state index contributed by atoms with van der Waals surface area (Å²) in [6.45, 7) is 24.5. The number of ether oxygens (including phenoxy) is 14. The maximum atomic E-state index is 11.8. The number of nitrogens with one attached hydrogen (secondary N) is 4. The summed E-state index contributed by atoms with van der Waals surface area (Å²) in [6.07, 6.45) is 6.66. The minimum absolute atomic E-state index is 0.0392. The third-order valence-corrected chi connectivity index (χ3v) is 12.2. The Bertz CT molecular complexity index is 1260. The molecule has 4 saturated heterocycles. The zero-order valence-electron chi connectivity index (χ0n) is 43.9. The van der Waals surface area contributed by atoms with E-state index in [1.54, 1.807) is 21.3 Å². The molecule has 5 fully saturated rings. The van der Waals surface area contributed by atoms with E-state index in [9.17, 15) is 19.2 Å². The number of morpholine rings is 4. The molecule has 0 aromatic rings. The van der Waals surface area contributed by atoms with Crippen LogP contribution < -0.4 is 19.6 Å². The fraction of sp³-hybridized carbons (Fsp3) is 0.918. The van der Waals surface area contributed by atoms with Crippen LogP contribution in [-0.4, -0.2) is 262 Å². The van der Waals surface area contributed by atoms with Gasteiger partial charge in [-0.1, -0.05) is 19.3 Å². The summed E-state index contributed by atoms with van der Waals surface area (Å²) >= 11 is 0. The molecule has 1 aliphatic carbocycles. The van der Waals surface area contributed by atoms with E-state index >= 15 is 0 Å². The van der Waals surface area contributed by atoms with E-state index in [1.165, 1.54) is 38.9 Å². The second-order valence-corrected chi connectivity index (χ2v) is 17.7. The van der Waals surface area contributed by atoms with E-state index in [1.807, 2.05) is 0 Å². The first-order valence-electron chi connectivity index (χ1n) is 26.3. The van der Waals surface area contributed by atoms with Crippen LogP contribution in [0.5, 0.6) is 0 Å². The number of quaternary nitrogens is 4. The van der Waals surface area contributed by atoms with Crippen LogP contribution >= 0.6 is 0 Å². The van der Waals surface area contributed by atoms with Crippen molar-refractivity contribution in [2.45, 2.75) is 51.4 Å². The Labute approximate surface area is 424 Å². The lowest BCUT2D eigenvalue weighted by Crippen LogP contribution is -3.14. The smallest absolute Gasteiger partial charge is 0.309 e. The zero-order valence-corrected chi connectivity index (χ0v) is 43.9. The second-order valence-electron chi connectivity index (χ2n) is 17.7. The van der Waals surface area contributed by atoms with E-state index < -0.39 is 0 Å². The molecule has 0 radical (unpaired) electrons. The molecule has 0 amide bonds. The van der Waals surface area contributed by atoms with Crippen LogP contribution in [0.2, 0.25) is 0 Å². The van der Waals surface area contributed by atoms with Gasteiger partial charge in [-0.15, -0.1) is 0 Å². The number of rotatable bonds is 31. The maximum absolute atomic E-state index is 11.8. The number of methoxy groups -OCH3 is 3. The number of hydrogen-bond donors (Lipinski definition) is 4. The molecule has 22 heteroatoms. The van der Waals surface area contributed by atoms with Crippen molar-refractivity contribution in [3.63, 3.8) is 0 Å². The van der Waals surface area contributed by atoms with E-state index in [4.69, 9.17) is 66.3 Å². The topological polar surface area (TPSA) is 215 Å². The zero-order chi connectivity index (χ0) is 51.1. The molecule has 4 N–H and O–H groups in total. The Morgan fingerprint density at radius 3 is 1.00 bits per heavy atom. The predicted octanol–water partition coefficient (Wildman–Crippen LogP) is -4.48. The van der Waals surface area contributed by atoms with Gasteiger partial charge in [-0.25, -0.2) is 0 Å². The molecule has 0 aromatic carbocycles. The standard InChI is InChI=1S/C14H27NO6.C13H23NO3.C12H23NO5.C10H19NO4/c1-17-10-11-20-13-12-18-6-2-14(16)21-9-5-15-3-7-19-8-4-15;15-13(12-4-2-1-3-5-12)17-11-8-14-6-9-16-10-7-14;1-15-10-11-16-6-2-12(14)18-9-5-13-3-7-17-8-4-13;1-13-6-2-10(12)15-9-5-11-3-7-14-8-4-11/h2-13H2,1H3;12H,1-11H2;2-11H2,1H3;2-9H2,1H3/p+4. The van der Waals surface area contributed by atoms with Gasteiger partial charge in [0.25, 0.3) is 0 Å². The number of esters is 4. The highest BCUT2D eigenvalue weighted by Gasteiger charge is 2.23. The maximum Gasteiger partial charge on any atom is 0.309 e. The van der Waals surface area contributed by atoms with Crippen molar-refractivity contribution in [2.75, 3.05) is 239 Å². The van der Waals surface area contributed by atoms with Gasteiger partial charge in [0.15, 0.2) is 0 Å². The number of carbonyl (C=O) groups excluding carboxylic acids is 4. The number of carbonyl (C=O) groups is 4. The molecule has 0 unspecified atom stereocenters. The van der Waals surface area contributed by atoms with E-state index in [2.05, 4.69) is 0 Å². The first-order chi connectivity index (χ1) is 34.8. The highest BCUT2D eigenvalue weighted by atomic mass is 16.6. The van der Waals surface area contributed by atoms with Crippen molar-refractivity contribution in [1.29, 1.82) is 0 Å². The molecular weight excluding hydrogens is 933 g/mol. The Kier molecular flexibility index (Phi) is 42.7. The molecule has 0 atom stereocenters. The highest BCUT2D eigenvalue weighted by Crippen LogP contribution is 2.24. The minimum atomic E-state index is -0.206. The molecule has 4 aliphatic heterocycles. The molecule has 416 valence electrons. The van der Waals surface area contributed by atoms with Crippen molar-refractivity contribution < 1.29 is 105 Å². The fourth-order valence-electron chi connectivity index (χ4n) is 7.74. The van der Waals surface area contributed by atoms with Crippen molar-refractivity contribution in [2.24, 2.45) is 5.92 Å². The Morgan fingerprint density at radius 2 is 0.662 bits per heavy atom. The summed E-state index contributed by atoms with van der Waals surface area (Å²) in [6, 6.07) is 0. The van der Waals surface area contributed by atoms with Gasteiger partial charge in [-0.05, 0) is 12.8 Å². The van der Waals surface area contributed by atoms with Gasteiger partial charge < -0.3 is 85.9 Å². The number of hydrogen-bond acceptors (Lipinski definition) is 18. The lowest BCUT2D eigenvalue weighted by molar-refractivity contribution is -0.908. The van der Waals surface area contributed by atoms with Gasteiger partial charge in [0.2, 0.25) is 0 Å². The normalized spacial score (nSPS) is 18.4. The molecule has 22 nitrogen and oxygen atoms in total. The molecule has 0 aromatic heterocycles. The molecule has 4 heterocycles. The van der Waals surface area contributed by atoms with Crippen molar-refractivity contribution in [3.8, 4) is 0 Å². The van der Waals surface area contributed by atoms with E-state index in [0.717, 1.165) is 144 Å². The summed E-state index contributed by atoms with van der Waals surface area (Å²) in [7, 11) is 4.82. The third kappa shape index (κ3) is 38.5. The summed E-state index contributed by atoms with van der Waals surface area (Å²) in [4.78, 5) is 51.5. The Hall–Kier alpha value is -2.68. The molecular formula is C49H96N4O18+4. The molecule has 5 rings (SSSR count). The van der Waals surface area contributed by atoms with E-state index in [-0.39, 0.29) is 36.2 Å². The van der Waals surface area contributed by atoms with Gasteiger partial charge in [-0.2, -0.15) is 0 Å². The molecule has 0 spiro atoms. The van der Waals surface area contributed by atoms with Gasteiger partial charge in [0.05, 0.1) is 137 Å². The predicted molar refractivity (Wildman–Crippen MR) is 258 cm³/mol. The molecule has 1 saturated carbocycles. The third-order valence-electron chi connectivity index (χ3n) is 12.2. The monoisotopic (exact) mass is 1030 g/mol. The quantitative estimate of drug-likeness (QED) is 0.0293. The first-order valence-corrected chi connectivity index (χ1v) is 26.3. The summed E-state index contributed by atoms with van der Waals surface area (Å²) in [5, 5.41) is 0. The van der Waals surface area contributed by atoms with Gasteiger partial charge in [0.1, 0.15) is 105 Å². The fourth-order valence-corrected chi connectivity index (χ4v) is 7.74. The average Bonchev–Trinajstić information content (AvgIpc) is 3.41. The van der Waals surface area contributed by atoms with Crippen LogP contribution in [0.25, 0.3) is 0 Å².